The highest BCUT2D eigenvalue weighted by atomic mass is 32.2. The summed E-state index contributed by atoms with van der Waals surface area (Å²) in [7, 11) is -24.1. The Morgan fingerprint density at radius 2 is 1.45 bits per heavy atom. The average molecular weight is 1280 g/mol. The number of nitriles is 1. The van der Waals surface area contributed by atoms with Gasteiger partial charge in [0.05, 0.1) is 57.2 Å². The molecular formula is C46H41N11O19S7. The number of ether oxygens (including phenoxy) is 2. The van der Waals surface area contributed by atoms with Crippen LogP contribution in [-0.2, 0) is 55.4 Å². The number of methoxy groups -OCH3 is 1. The van der Waals surface area contributed by atoms with Crippen molar-refractivity contribution in [2.24, 2.45) is 30.7 Å². The van der Waals surface area contributed by atoms with Gasteiger partial charge < -0.3 is 19.9 Å². The van der Waals surface area contributed by atoms with Crippen molar-refractivity contribution in [2.75, 3.05) is 36.3 Å². The number of aryl methyl sites for hydroxylation is 1. The minimum absolute atomic E-state index is 0.000876. The van der Waals surface area contributed by atoms with Crippen LogP contribution in [0.1, 0.15) is 36.5 Å². The standard InChI is InChI=1S/C46H41N11O19S7/c1-22-15-32(53-55-39-23(2)27(21-47)44-49-28-9-5-6-10-34(28)57(44)45(39)59)35(76-11-7-13-79(60,61)62)19-29(22)51-54-33-18-30(48-24(3)58)31(20-36(33)77-12-8-14-80(63,64)65)52-56-46-50-40-41(75-4)43(83(72,73)74)26-16-25(81(66,67)68)17-37(82(69,70)71)38(26)42(40)78-46/h5-6,9-10,15-20,59H,7-8,11-14H2,1-4H3,(H,48,58)(H,60,61,62)(H,63,64,65)(H,66,67,68)(H,69,70,71)(H,72,73,74). The summed E-state index contributed by atoms with van der Waals surface area (Å²) in [4.78, 5) is 18.0. The second-order valence-corrected chi connectivity index (χ2v) is 27.0. The van der Waals surface area contributed by atoms with Gasteiger partial charge in [-0.2, -0.15) is 52.5 Å². The fourth-order valence-electron chi connectivity index (χ4n) is 8.17. The van der Waals surface area contributed by atoms with Gasteiger partial charge in [-0.25, -0.2) is 9.97 Å². The Bertz CT molecular complexity index is 4770. The molecule has 0 radical (unpaired) electrons. The van der Waals surface area contributed by atoms with Crippen molar-refractivity contribution in [3.05, 3.63) is 77.4 Å². The number of carbonyl (C=O) groups is 1. The monoisotopic (exact) mass is 1280 g/mol. The number of amides is 1. The molecule has 0 aliphatic rings. The third-order valence-electron chi connectivity index (χ3n) is 11.7. The maximum atomic E-state index is 12.9. The fraction of sp³-hybridized carbons (Fsp3) is 0.217. The molecular weight excluding hydrogens is 1240 g/mol. The maximum Gasteiger partial charge on any atom is 0.298 e. The molecule has 8 aromatic rings. The molecule has 0 saturated carbocycles. The van der Waals surface area contributed by atoms with Crippen molar-refractivity contribution in [3.8, 4) is 23.4 Å². The van der Waals surface area contributed by atoms with Gasteiger partial charge in [0, 0.05) is 34.2 Å². The molecule has 30 nitrogen and oxygen atoms in total. The van der Waals surface area contributed by atoms with E-state index in [2.05, 4.69) is 52.0 Å². The molecule has 1 amide bonds. The van der Waals surface area contributed by atoms with Crippen LogP contribution in [0.3, 0.4) is 0 Å². The normalized spacial score (nSPS) is 12.9. The smallest absolute Gasteiger partial charge is 0.298 e. The summed E-state index contributed by atoms with van der Waals surface area (Å²) in [5.74, 6) is -3.19. The number of hydrogen-bond acceptors (Lipinski definition) is 25. The topological polar surface area (TPSA) is 468 Å². The van der Waals surface area contributed by atoms with Gasteiger partial charge in [0.2, 0.25) is 16.9 Å². The van der Waals surface area contributed by atoms with Gasteiger partial charge in [0.15, 0.2) is 17.1 Å². The van der Waals surface area contributed by atoms with E-state index in [1.165, 1.54) is 35.6 Å². The molecule has 0 atom stereocenters. The van der Waals surface area contributed by atoms with Crippen LogP contribution in [0.15, 0.2) is 111 Å². The van der Waals surface area contributed by atoms with Gasteiger partial charge in [0.25, 0.3) is 50.6 Å². The summed E-state index contributed by atoms with van der Waals surface area (Å²) in [6, 6.07) is 15.2. The van der Waals surface area contributed by atoms with Crippen molar-refractivity contribution in [3.63, 3.8) is 0 Å². The summed E-state index contributed by atoms with van der Waals surface area (Å²) in [6.45, 7) is 3.98. The van der Waals surface area contributed by atoms with Crippen LogP contribution in [0.25, 0.3) is 37.7 Å². The Hall–Kier alpha value is -7.74. The number of aromatic hydroxyl groups is 1. The van der Waals surface area contributed by atoms with E-state index in [9.17, 15) is 80.0 Å². The van der Waals surface area contributed by atoms with Gasteiger partial charge in [-0.1, -0.05) is 23.5 Å². The van der Waals surface area contributed by atoms with Gasteiger partial charge in [-0.15, -0.1) is 37.3 Å². The second-order valence-electron chi connectivity index (χ2n) is 17.6. The van der Waals surface area contributed by atoms with E-state index in [1.54, 1.807) is 31.2 Å². The number of fused-ring (bicyclic) bond motifs is 6. The number of aromatic nitrogens is 3. The Labute approximate surface area is 478 Å². The van der Waals surface area contributed by atoms with Crippen molar-refractivity contribution < 1.29 is 84.2 Å². The highest BCUT2D eigenvalue weighted by Crippen LogP contribution is 2.49. The summed E-state index contributed by atoms with van der Waals surface area (Å²) in [5, 5.41) is 48.2. The largest absolute Gasteiger partial charge is 0.493 e. The average Bonchev–Trinajstić information content (AvgIpc) is 2.14. The van der Waals surface area contributed by atoms with Gasteiger partial charge in [-0.3, -0.25) is 32.0 Å². The number of thiazole rings is 1. The highest BCUT2D eigenvalue weighted by molar-refractivity contribution is 7.99. The van der Waals surface area contributed by atoms with Gasteiger partial charge >= 0.3 is 0 Å². The lowest BCUT2D eigenvalue weighted by molar-refractivity contribution is -0.114. The van der Waals surface area contributed by atoms with Crippen LogP contribution in [0, 0.1) is 25.2 Å². The number of thioether (sulfide) groups is 1. The van der Waals surface area contributed by atoms with Gasteiger partial charge in [-0.05, 0) is 80.5 Å². The molecule has 436 valence electrons. The molecule has 0 saturated heterocycles. The lowest BCUT2D eigenvalue weighted by atomic mass is 10.1. The van der Waals surface area contributed by atoms with Crippen LogP contribution in [0.2, 0.25) is 0 Å². The number of anilines is 1. The van der Waals surface area contributed by atoms with Crippen molar-refractivity contribution >= 4 is 157 Å². The van der Waals surface area contributed by atoms with Crippen LogP contribution in [0.4, 0.5) is 39.3 Å². The quantitative estimate of drug-likeness (QED) is 0.0152. The van der Waals surface area contributed by atoms with E-state index >= 15 is 0 Å². The summed E-state index contributed by atoms with van der Waals surface area (Å²) in [6.07, 6.45) is -0.303. The summed E-state index contributed by atoms with van der Waals surface area (Å²) >= 11 is 1.48. The minimum Gasteiger partial charge on any atom is -0.493 e. The molecule has 8 rings (SSSR count). The van der Waals surface area contributed by atoms with Crippen LogP contribution in [-0.4, -0.2) is 121 Å². The van der Waals surface area contributed by atoms with E-state index in [4.69, 9.17) is 9.47 Å². The van der Waals surface area contributed by atoms with Gasteiger partial charge in [0.1, 0.15) is 49.8 Å². The molecule has 0 unspecified atom stereocenters. The first-order valence-electron chi connectivity index (χ1n) is 23.2. The zero-order valence-electron chi connectivity index (χ0n) is 42.8. The Kier molecular flexibility index (Phi) is 17.4. The molecule has 37 heteroatoms. The third kappa shape index (κ3) is 13.7. The Balaban J connectivity index is 1.25. The number of nitrogens with one attached hydrogen (secondary N) is 1. The predicted molar refractivity (Wildman–Crippen MR) is 300 cm³/mol. The van der Waals surface area contributed by atoms with E-state index < -0.39 is 116 Å². The van der Waals surface area contributed by atoms with Crippen LogP contribution >= 0.6 is 23.1 Å². The first kappa shape index (κ1) is 61.3. The minimum atomic E-state index is -5.48. The third-order valence-corrected chi connectivity index (χ3v) is 18.0. The molecule has 7 N–H and O–H groups in total. The van der Waals surface area contributed by atoms with Crippen LogP contribution in [0.5, 0.6) is 17.4 Å². The Morgan fingerprint density at radius 3 is 2.08 bits per heavy atom. The number of para-hydroxylation sites is 2. The second kappa shape index (κ2) is 23.5. The zero-order valence-corrected chi connectivity index (χ0v) is 48.6. The zero-order chi connectivity index (χ0) is 60.7. The molecule has 3 aromatic heterocycles. The van der Waals surface area contributed by atoms with E-state index in [1.807, 2.05) is 0 Å². The lowest BCUT2D eigenvalue weighted by Crippen LogP contribution is -2.08. The SMILES string of the molecule is COc1c(S(=O)(=O)O)c2cc(S(=O)(=O)O)cc(S(=O)(=O)O)c2c2sc(N=Nc3cc(SCCCS(=O)(=O)O)c(N=Nc4cc(OCCCS(=O)(=O)O)c(N=Nc5c(C)c(C#N)c6nc7ccccc7n6c5O)cc4C)cc3NC(C)=O)nc12. The van der Waals surface area contributed by atoms with E-state index in [0.717, 1.165) is 25.8 Å². The molecule has 83 heavy (non-hydrogen) atoms. The van der Waals surface area contributed by atoms with Crippen molar-refractivity contribution in [1.82, 2.24) is 14.4 Å². The molecule has 0 spiro atoms. The number of imidazole rings is 1. The van der Waals surface area contributed by atoms with E-state index in [0.29, 0.717) is 40.1 Å². The lowest BCUT2D eigenvalue weighted by Gasteiger charge is -2.14. The fourth-order valence-corrected chi connectivity index (χ4v) is 13.5. The molecule has 5 aromatic carbocycles. The number of pyridine rings is 1. The number of nitrogens with zero attached hydrogens (tertiary/aromatic N) is 10. The molecule has 3 heterocycles. The predicted octanol–water partition coefficient (Wildman–Crippen LogP) is 9.42. The van der Waals surface area contributed by atoms with Crippen molar-refractivity contribution in [2.45, 2.75) is 53.2 Å². The number of carbonyl (C=O) groups excluding carboxylic acids is 1. The number of azo groups is 3. The number of benzene rings is 5. The molecule has 0 fully saturated rings. The Morgan fingerprint density at radius 1 is 0.783 bits per heavy atom. The molecule has 0 aliphatic heterocycles. The first-order valence-corrected chi connectivity index (χ1v) is 32.6. The molecule has 0 aliphatic carbocycles. The summed E-state index contributed by atoms with van der Waals surface area (Å²) < 4.78 is 184. The van der Waals surface area contributed by atoms with Crippen LogP contribution < -0.4 is 14.8 Å². The highest BCUT2D eigenvalue weighted by Gasteiger charge is 2.33. The van der Waals surface area contributed by atoms with Crippen molar-refractivity contribution in [1.29, 1.82) is 5.26 Å². The first-order chi connectivity index (χ1) is 38.8. The number of rotatable bonds is 21. The summed E-state index contributed by atoms with van der Waals surface area (Å²) in [5.41, 5.74) is 1.08. The maximum absolute atomic E-state index is 12.9. The number of hydrogen-bond donors (Lipinski definition) is 7. The van der Waals surface area contributed by atoms with E-state index in [-0.39, 0.29) is 91.4 Å². The molecule has 0 bridgehead atoms.